The van der Waals surface area contributed by atoms with Crippen LogP contribution in [-0.2, 0) is 14.3 Å². The monoisotopic (exact) mass is 310 g/mol. The van der Waals surface area contributed by atoms with Gasteiger partial charge in [0.15, 0.2) is 0 Å². The Morgan fingerprint density at radius 1 is 1.09 bits per heavy atom. The smallest absolute Gasteiger partial charge is 0.309 e. The third kappa shape index (κ3) is 4.70. The molecule has 0 N–H and O–H groups in total. The lowest BCUT2D eigenvalue weighted by Crippen LogP contribution is -2.46. The highest BCUT2D eigenvalue weighted by Crippen LogP contribution is 2.22. The van der Waals surface area contributed by atoms with Crippen molar-refractivity contribution in [1.29, 1.82) is 0 Å². The molecular formula is C17H30N2O3. The molecule has 1 saturated carbocycles. The molecule has 2 rings (SSSR count). The highest BCUT2D eigenvalue weighted by molar-refractivity contribution is 5.78. The lowest BCUT2D eigenvalue weighted by Gasteiger charge is -2.35. The van der Waals surface area contributed by atoms with Gasteiger partial charge < -0.3 is 9.64 Å². The number of hydrogen-bond donors (Lipinski definition) is 0. The summed E-state index contributed by atoms with van der Waals surface area (Å²) >= 11 is 0. The Kier molecular flexibility index (Phi) is 6.68. The summed E-state index contributed by atoms with van der Waals surface area (Å²) in [5.41, 5.74) is 0. The number of hydrogen-bond acceptors (Lipinski definition) is 4. The second-order valence-electron chi connectivity index (χ2n) is 6.60. The zero-order chi connectivity index (χ0) is 15.9. The molecule has 0 spiro atoms. The van der Waals surface area contributed by atoms with Gasteiger partial charge in [-0.2, -0.15) is 0 Å². The minimum absolute atomic E-state index is 0.0161. The van der Waals surface area contributed by atoms with Crippen LogP contribution in [0.15, 0.2) is 0 Å². The highest BCUT2D eigenvalue weighted by Gasteiger charge is 2.28. The number of likely N-dealkylation sites (tertiary alicyclic amines) is 1. The van der Waals surface area contributed by atoms with Gasteiger partial charge in [-0.15, -0.1) is 0 Å². The van der Waals surface area contributed by atoms with Gasteiger partial charge in [-0.05, 0) is 45.7 Å². The van der Waals surface area contributed by atoms with E-state index in [1.54, 1.807) is 0 Å². The van der Waals surface area contributed by atoms with Crippen LogP contribution < -0.4 is 0 Å². The zero-order valence-corrected chi connectivity index (χ0v) is 14.1. The molecule has 1 saturated heterocycles. The molecular weight excluding hydrogens is 280 g/mol. The van der Waals surface area contributed by atoms with Crippen LogP contribution in [0, 0.1) is 5.92 Å². The van der Waals surface area contributed by atoms with E-state index in [2.05, 4.69) is 4.90 Å². The predicted octanol–water partition coefficient (Wildman–Crippen LogP) is 2.05. The summed E-state index contributed by atoms with van der Waals surface area (Å²) in [4.78, 5) is 28.3. The van der Waals surface area contributed by atoms with Gasteiger partial charge in [-0.1, -0.05) is 19.3 Å². The third-order valence-corrected chi connectivity index (χ3v) is 5.08. The van der Waals surface area contributed by atoms with Gasteiger partial charge in [0.05, 0.1) is 19.1 Å². The average molecular weight is 310 g/mol. The molecule has 126 valence electrons. The molecule has 0 aromatic heterocycles. The number of likely N-dealkylation sites (N-methyl/N-ethyl adjacent to an activating group) is 1. The molecule has 1 amide bonds. The molecule has 1 aliphatic carbocycles. The number of carbonyl (C=O) groups excluding carboxylic acids is 2. The van der Waals surface area contributed by atoms with E-state index in [1.165, 1.54) is 19.3 Å². The predicted molar refractivity (Wildman–Crippen MR) is 85.4 cm³/mol. The highest BCUT2D eigenvalue weighted by atomic mass is 16.5. The van der Waals surface area contributed by atoms with E-state index in [-0.39, 0.29) is 17.8 Å². The summed E-state index contributed by atoms with van der Waals surface area (Å²) in [5, 5.41) is 0. The number of piperidine rings is 1. The minimum Gasteiger partial charge on any atom is -0.466 e. The first-order valence-corrected chi connectivity index (χ1v) is 8.76. The van der Waals surface area contributed by atoms with E-state index in [0.29, 0.717) is 19.2 Å². The molecule has 5 nitrogen and oxygen atoms in total. The van der Waals surface area contributed by atoms with Crippen molar-refractivity contribution < 1.29 is 14.3 Å². The van der Waals surface area contributed by atoms with Crippen LogP contribution in [0.5, 0.6) is 0 Å². The number of rotatable bonds is 5. The Morgan fingerprint density at radius 3 is 2.32 bits per heavy atom. The maximum absolute atomic E-state index is 12.4. The van der Waals surface area contributed by atoms with Gasteiger partial charge >= 0.3 is 5.97 Å². The molecule has 1 heterocycles. The molecule has 2 aliphatic rings. The third-order valence-electron chi connectivity index (χ3n) is 5.08. The van der Waals surface area contributed by atoms with Crippen LogP contribution in [0.2, 0.25) is 0 Å². The van der Waals surface area contributed by atoms with Crippen molar-refractivity contribution in [2.24, 2.45) is 5.92 Å². The Bertz CT molecular complexity index is 372. The van der Waals surface area contributed by atoms with Gasteiger partial charge in [0.25, 0.3) is 0 Å². The van der Waals surface area contributed by atoms with Crippen LogP contribution in [0.25, 0.3) is 0 Å². The van der Waals surface area contributed by atoms with Gasteiger partial charge in [0, 0.05) is 13.1 Å². The first kappa shape index (κ1) is 17.3. The largest absolute Gasteiger partial charge is 0.466 e. The lowest BCUT2D eigenvalue weighted by atomic mass is 9.94. The van der Waals surface area contributed by atoms with Gasteiger partial charge in [0.1, 0.15) is 0 Å². The Labute approximate surface area is 134 Å². The van der Waals surface area contributed by atoms with E-state index >= 15 is 0 Å². The van der Waals surface area contributed by atoms with Crippen molar-refractivity contribution in [3.05, 3.63) is 0 Å². The van der Waals surface area contributed by atoms with Crippen molar-refractivity contribution in [2.45, 2.75) is 57.9 Å². The van der Waals surface area contributed by atoms with Gasteiger partial charge in [0.2, 0.25) is 5.91 Å². The van der Waals surface area contributed by atoms with Crippen LogP contribution in [-0.4, -0.2) is 61.0 Å². The quantitative estimate of drug-likeness (QED) is 0.729. The van der Waals surface area contributed by atoms with E-state index in [0.717, 1.165) is 38.8 Å². The maximum atomic E-state index is 12.4. The first-order chi connectivity index (χ1) is 10.6. The van der Waals surface area contributed by atoms with Crippen molar-refractivity contribution in [1.82, 2.24) is 9.80 Å². The number of nitrogens with zero attached hydrogens (tertiary/aromatic N) is 2. The summed E-state index contributed by atoms with van der Waals surface area (Å²) in [6, 6.07) is 0.429. The lowest BCUT2D eigenvalue weighted by molar-refractivity contribution is -0.149. The summed E-state index contributed by atoms with van der Waals surface area (Å²) in [6.07, 6.45) is 7.69. The molecule has 2 fully saturated rings. The second kappa shape index (κ2) is 8.51. The zero-order valence-electron chi connectivity index (χ0n) is 14.1. The fraction of sp³-hybridized carbons (Fsp3) is 0.882. The fourth-order valence-electron chi connectivity index (χ4n) is 3.56. The summed E-state index contributed by atoms with van der Waals surface area (Å²) in [5.74, 6) is 0.164. The van der Waals surface area contributed by atoms with E-state index < -0.39 is 0 Å². The molecule has 0 bridgehead atoms. The fourth-order valence-corrected chi connectivity index (χ4v) is 3.56. The summed E-state index contributed by atoms with van der Waals surface area (Å²) in [7, 11) is 1.95. The number of carbonyl (C=O) groups is 2. The molecule has 0 atom stereocenters. The normalized spacial score (nSPS) is 21.5. The van der Waals surface area contributed by atoms with Crippen molar-refractivity contribution in [3.8, 4) is 0 Å². The Hall–Kier alpha value is -1.10. The maximum Gasteiger partial charge on any atom is 0.309 e. The van der Waals surface area contributed by atoms with Gasteiger partial charge in [-0.3, -0.25) is 14.5 Å². The standard InChI is InChI=1S/C17H30N2O3/c1-3-22-17(21)14-9-11-19(12-10-14)13-16(20)18(2)15-7-5-4-6-8-15/h14-15H,3-13H2,1-2H3. The SMILES string of the molecule is CCOC(=O)C1CCN(CC(=O)N(C)C2CCCCC2)CC1. The summed E-state index contributed by atoms with van der Waals surface area (Å²) < 4.78 is 5.08. The van der Waals surface area contributed by atoms with Crippen LogP contribution in [0.3, 0.4) is 0 Å². The topological polar surface area (TPSA) is 49.9 Å². The van der Waals surface area contributed by atoms with E-state index in [9.17, 15) is 9.59 Å². The molecule has 0 aromatic carbocycles. The van der Waals surface area contributed by atoms with Crippen molar-refractivity contribution >= 4 is 11.9 Å². The Morgan fingerprint density at radius 2 is 1.73 bits per heavy atom. The first-order valence-electron chi connectivity index (χ1n) is 8.76. The molecule has 22 heavy (non-hydrogen) atoms. The summed E-state index contributed by atoms with van der Waals surface area (Å²) in [6.45, 7) is 4.40. The van der Waals surface area contributed by atoms with Crippen molar-refractivity contribution in [3.63, 3.8) is 0 Å². The number of esters is 1. The molecule has 1 aliphatic heterocycles. The second-order valence-corrected chi connectivity index (χ2v) is 6.60. The number of ether oxygens (including phenoxy) is 1. The van der Waals surface area contributed by atoms with E-state index in [1.807, 2.05) is 18.9 Å². The number of amides is 1. The van der Waals surface area contributed by atoms with Crippen LogP contribution in [0.1, 0.15) is 51.9 Å². The van der Waals surface area contributed by atoms with E-state index in [4.69, 9.17) is 4.74 Å². The molecule has 0 radical (unpaired) electrons. The van der Waals surface area contributed by atoms with Gasteiger partial charge in [-0.25, -0.2) is 0 Å². The molecule has 5 heteroatoms. The minimum atomic E-state index is -0.0761. The Balaban J connectivity index is 1.73. The molecule has 0 aromatic rings. The van der Waals surface area contributed by atoms with Crippen molar-refractivity contribution in [2.75, 3.05) is 33.3 Å². The molecule has 0 unspecified atom stereocenters. The average Bonchev–Trinajstić information content (AvgIpc) is 2.55. The van der Waals surface area contributed by atoms with Crippen LogP contribution in [0.4, 0.5) is 0 Å². The van der Waals surface area contributed by atoms with Crippen LogP contribution >= 0.6 is 0 Å².